The highest BCUT2D eigenvalue weighted by molar-refractivity contribution is 6.36. The molecule has 43 heavy (non-hydrogen) atoms. The lowest BCUT2D eigenvalue weighted by Crippen LogP contribution is -2.60. The lowest BCUT2D eigenvalue weighted by atomic mass is 9.85. The number of hydrogen-bond acceptors (Lipinski definition) is 7. The van der Waals surface area contributed by atoms with Gasteiger partial charge in [-0.15, -0.1) is 0 Å². The van der Waals surface area contributed by atoms with Crippen LogP contribution >= 0.6 is 0 Å². The lowest BCUT2D eigenvalue weighted by Gasteiger charge is -2.36. The minimum Gasteiger partial charge on any atom is -0.459 e. The predicted molar refractivity (Wildman–Crippen MR) is 160 cm³/mol. The van der Waals surface area contributed by atoms with Crippen molar-refractivity contribution < 1.29 is 33.5 Å². The topological polar surface area (TPSA) is 177 Å². The van der Waals surface area contributed by atoms with Gasteiger partial charge in [-0.2, -0.15) is 0 Å². The normalized spacial score (nSPS) is 18.7. The molecule has 2 rings (SSSR count). The molecule has 5 atom stereocenters. The second-order valence-electron chi connectivity index (χ2n) is 12.6. The van der Waals surface area contributed by atoms with Gasteiger partial charge in [0, 0.05) is 6.54 Å². The van der Waals surface area contributed by atoms with Crippen molar-refractivity contribution in [1.29, 1.82) is 0 Å². The molecule has 0 saturated carbocycles. The molecule has 5 N–H and O–H groups in total. The first-order chi connectivity index (χ1) is 20.1. The van der Waals surface area contributed by atoms with Crippen LogP contribution in [0.2, 0.25) is 0 Å². The number of rotatable bonds is 13. The Kier molecular flexibility index (Phi) is 12.7. The van der Waals surface area contributed by atoms with Gasteiger partial charge in [0.05, 0.1) is 6.54 Å². The van der Waals surface area contributed by atoms with Crippen LogP contribution < -0.4 is 21.7 Å². The molecule has 12 nitrogen and oxygen atoms in total. The van der Waals surface area contributed by atoms with E-state index in [4.69, 9.17) is 10.5 Å². The molecule has 12 heteroatoms. The molecule has 0 bridgehead atoms. The van der Waals surface area contributed by atoms with Gasteiger partial charge in [0.15, 0.2) is 0 Å². The number of amides is 5. The number of carbonyl (C=O) groups is 6. The van der Waals surface area contributed by atoms with Crippen LogP contribution in [-0.4, -0.2) is 71.6 Å². The van der Waals surface area contributed by atoms with Crippen LogP contribution in [0.1, 0.15) is 66.9 Å². The van der Waals surface area contributed by atoms with Crippen molar-refractivity contribution >= 4 is 35.5 Å². The maximum absolute atomic E-state index is 14.0. The number of urea groups is 1. The molecule has 1 aliphatic heterocycles. The molecule has 1 heterocycles. The number of carbonyl (C=O) groups excluding carboxylic acids is 6. The van der Waals surface area contributed by atoms with Crippen molar-refractivity contribution in [2.45, 2.75) is 86.0 Å². The third-order valence-corrected chi connectivity index (χ3v) is 7.93. The Balaban J connectivity index is 2.21. The molecule has 0 aromatic heterocycles. The van der Waals surface area contributed by atoms with Gasteiger partial charge in [-0.1, -0.05) is 85.2 Å². The van der Waals surface area contributed by atoms with Gasteiger partial charge >= 0.3 is 12.0 Å². The van der Waals surface area contributed by atoms with E-state index in [0.717, 1.165) is 5.56 Å². The zero-order valence-corrected chi connectivity index (χ0v) is 26.3. The van der Waals surface area contributed by atoms with E-state index in [2.05, 4.69) is 16.0 Å². The van der Waals surface area contributed by atoms with E-state index in [1.807, 2.05) is 58.0 Å². The van der Waals surface area contributed by atoms with Crippen LogP contribution in [-0.2, 0) is 35.3 Å². The highest BCUT2D eigenvalue weighted by Gasteiger charge is 2.45. The minimum atomic E-state index is -1.16. The van der Waals surface area contributed by atoms with Gasteiger partial charge in [-0.3, -0.25) is 19.2 Å². The lowest BCUT2D eigenvalue weighted by molar-refractivity contribution is -0.148. The summed E-state index contributed by atoms with van der Waals surface area (Å²) in [5.41, 5.74) is 5.03. The second-order valence-corrected chi connectivity index (χ2v) is 12.6. The summed E-state index contributed by atoms with van der Waals surface area (Å²) in [7, 11) is 0. The molecule has 0 aliphatic carbocycles. The molecule has 1 aromatic carbocycles. The Bertz CT molecular complexity index is 1160. The zero-order valence-electron chi connectivity index (χ0n) is 26.3. The average Bonchev–Trinajstić information content (AvgIpc) is 3.41. The van der Waals surface area contributed by atoms with Crippen molar-refractivity contribution in [3.8, 4) is 0 Å². The quantitative estimate of drug-likeness (QED) is 0.197. The minimum absolute atomic E-state index is 0.00449. The first-order valence-corrected chi connectivity index (χ1v) is 14.7. The van der Waals surface area contributed by atoms with E-state index in [-0.39, 0.29) is 30.9 Å². The molecule has 5 amide bonds. The first-order valence-electron chi connectivity index (χ1n) is 14.7. The number of likely N-dealkylation sites (tertiary alicyclic amines) is 1. The number of nitrogens with zero attached hydrogens (tertiary/aromatic N) is 1. The highest BCUT2D eigenvalue weighted by atomic mass is 16.5. The monoisotopic (exact) mass is 601 g/mol. The summed E-state index contributed by atoms with van der Waals surface area (Å²) < 4.78 is 5.49. The summed E-state index contributed by atoms with van der Waals surface area (Å²) in [5.74, 6) is -3.86. The number of benzene rings is 1. The summed E-state index contributed by atoms with van der Waals surface area (Å²) >= 11 is 0. The molecule has 0 spiro atoms. The number of Topliss-reactive ketones (excluding diaryl/α,β-unsaturated/α-hetero) is 1. The van der Waals surface area contributed by atoms with Gasteiger partial charge in [0.25, 0.3) is 5.91 Å². The van der Waals surface area contributed by atoms with E-state index in [0.29, 0.717) is 12.8 Å². The van der Waals surface area contributed by atoms with Crippen molar-refractivity contribution in [3.05, 3.63) is 35.9 Å². The molecule has 1 saturated heterocycles. The van der Waals surface area contributed by atoms with Crippen LogP contribution in [0.15, 0.2) is 30.3 Å². The number of nitrogens with two attached hydrogens (primary N) is 1. The van der Waals surface area contributed by atoms with E-state index in [9.17, 15) is 28.8 Å². The van der Waals surface area contributed by atoms with Crippen LogP contribution in [0.5, 0.6) is 0 Å². The van der Waals surface area contributed by atoms with Gasteiger partial charge in [-0.25, -0.2) is 9.59 Å². The third-order valence-electron chi connectivity index (χ3n) is 7.93. The second kappa shape index (κ2) is 15.5. The fraction of sp³-hybridized carbons (Fsp3) is 0.613. The maximum Gasteiger partial charge on any atom is 0.329 e. The van der Waals surface area contributed by atoms with Crippen LogP contribution in [0.4, 0.5) is 4.79 Å². The average molecular weight is 602 g/mol. The van der Waals surface area contributed by atoms with Crippen molar-refractivity contribution in [2.75, 3.05) is 13.1 Å². The number of esters is 1. The number of ketones is 1. The SMILES string of the molecule is CC[C@H](C)C(NC(=O)N[C@H](C(=O)N1C[C@H](C(C)C)C[C@H]1C(=O)NCC(=O)C(N)=O)C(C)(C)C)C(=O)OCc1ccccc1. The molecule has 1 aliphatic rings. The van der Waals surface area contributed by atoms with E-state index < -0.39 is 65.6 Å². The molecule has 238 valence electrons. The number of nitrogens with one attached hydrogen (secondary N) is 3. The van der Waals surface area contributed by atoms with Crippen molar-refractivity contribution in [3.63, 3.8) is 0 Å². The summed E-state index contributed by atoms with van der Waals surface area (Å²) in [6.45, 7) is 12.8. The fourth-order valence-corrected chi connectivity index (χ4v) is 4.83. The largest absolute Gasteiger partial charge is 0.459 e. The summed E-state index contributed by atoms with van der Waals surface area (Å²) in [5, 5.41) is 7.86. The predicted octanol–water partition coefficient (Wildman–Crippen LogP) is 1.90. The molecule has 0 radical (unpaired) electrons. The summed E-state index contributed by atoms with van der Waals surface area (Å²) in [6, 6.07) is 5.55. The van der Waals surface area contributed by atoms with Crippen LogP contribution in [0.25, 0.3) is 0 Å². The number of primary amides is 1. The van der Waals surface area contributed by atoms with E-state index >= 15 is 0 Å². The highest BCUT2D eigenvalue weighted by Crippen LogP contribution is 2.32. The Morgan fingerprint density at radius 3 is 2.19 bits per heavy atom. The van der Waals surface area contributed by atoms with Gasteiger partial charge in [0.1, 0.15) is 24.7 Å². The van der Waals surface area contributed by atoms with Crippen LogP contribution in [0.3, 0.4) is 0 Å². The Labute approximate surface area is 253 Å². The van der Waals surface area contributed by atoms with Gasteiger partial charge < -0.3 is 31.3 Å². The Hall–Kier alpha value is -3.96. The van der Waals surface area contributed by atoms with Crippen LogP contribution in [0, 0.1) is 23.2 Å². The zero-order chi connectivity index (χ0) is 32.5. The Morgan fingerprint density at radius 1 is 1.02 bits per heavy atom. The van der Waals surface area contributed by atoms with E-state index in [1.54, 1.807) is 20.8 Å². The molecular weight excluding hydrogens is 554 g/mol. The molecule has 1 fully saturated rings. The summed E-state index contributed by atoms with van der Waals surface area (Å²) in [6.07, 6.45) is 0.943. The molecular formula is C31H47N5O7. The standard InChI is InChI=1S/C31H47N5O7/c1-8-19(4)24(29(41)43-17-20-12-10-9-11-13-20)34-30(42)35-25(31(5,6)7)28(40)36-16-21(18(2)3)14-22(36)27(39)33-15-23(37)26(32)38/h9-13,18-19,21-22,24-25H,8,14-17H2,1-7H3,(H2,32,38)(H,33,39)(H2,34,35,42)/t19-,21+,22-,24?,25+/m0/s1. The fourth-order valence-electron chi connectivity index (χ4n) is 4.83. The van der Waals surface area contributed by atoms with E-state index in [1.165, 1.54) is 4.90 Å². The van der Waals surface area contributed by atoms with Crippen molar-refractivity contribution in [2.24, 2.45) is 28.9 Å². The van der Waals surface area contributed by atoms with Gasteiger partial charge in [0.2, 0.25) is 17.6 Å². The van der Waals surface area contributed by atoms with Gasteiger partial charge in [-0.05, 0) is 35.2 Å². The first kappa shape index (κ1) is 35.2. The third kappa shape index (κ3) is 10.1. The summed E-state index contributed by atoms with van der Waals surface area (Å²) in [4.78, 5) is 77.6. The maximum atomic E-state index is 14.0. The Morgan fingerprint density at radius 2 is 1.65 bits per heavy atom. The molecule has 1 unspecified atom stereocenters. The van der Waals surface area contributed by atoms with Crippen molar-refractivity contribution in [1.82, 2.24) is 20.9 Å². The number of hydrogen-bond donors (Lipinski definition) is 4. The number of ether oxygens (including phenoxy) is 1. The smallest absolute Gasteiger partial charge is 0.329 e. The molecule has 1 aromatic rings.